The van der Waals surface area contributed by atoms with E-state index in [9.17, 15) is 14.7 Å². The molecule has 0 radical (unpaired) electrons. The Morgan fingerprint density at radius 2 is 1.74 bits per heavy atom. The molecule has 0 bridgehead atoms. The van der Waals surface area contributed by atoms with Gasteiger partial charge < -0.3 is 19.5 Å². The Balaban J connectivity index is 1.76. The number of aromatic nitrogens is 1. The summed E-state index contributed by atoms with van der Waals surface area (Å²) < 4.78 is 11.9. The number of amides is 1. The van der Waals surface area contributed by atoms with Crippen LogP contribution in [0.2, 0.25) is 0 Å². The largest absolute Gasteiger partial charge is 0.507 e. The first-order valence-electron chi connectivity index (χ1n) is 13.0. The Hall–Kier alpha value is -4.13. The van der Waals surface area contributed by atoms with E-state index < -0.39 is 17.7 Å². The second-order valence-corrected chi connectivity index (χ2v) is 9.63. The summed E-state index contributed by atoms with van der Waals surface area (Å²) in [6.45, 7) is 7.45. The molecule has 4 rings (SSSR count). The molecule has 0 aliphatic carbocycles. The van der Waals surface area contributed by atoms with E-state index in [1.54, 1.807) is 18.2 Å². The first-order valence-corrected chi connectivity index (χ1v) is 13.0. The van der Waals surface area contributed by atoms with Gasteiger partial charge >= 0.3 is 0 Å². The third kappa shape index (κ3) is 6.05. The number of likely N-dealkylation sites (tertiary alicyclic amines) is 1. The first-order chi connectivity index (χ1) is 18.4. The Kier molecular flexibility index (Phi) is 8.79. The highest BCUT2D eigenvalue weighted by Gasteiger charge is 2.46. The molecule has 1 aliphatic heterocycles. The van der Waals surface area contributed by atoms with E-state index in [1.807, 2.05) is 49.4 Å². The summed E-state index contributed by atoms with van der Waals surface area (Å²) in [5, 5.41) is 11.2. The first kappa shape index (κ1) is 26.9. The summed E-state index contributed by atoms with van der Waals surface area (Å²) in [6.07, 6.45) is 4.53. The summed E-state index contributed by atoms with van der Waals surface area (Å²) in [5.74, 6) is 0.0535. The zero-order valence-electron chi connectivity index (χ0n) is 22.1. The molecule has 0 spiro atoms. The topological polar surface area (TPSA) is 89.0 Å². The third-order valence-corrected chi connectivity index (χ3v) is 6.51. The van der Waals surface area contributed by atoms with E-state index in [-0.39, 0.29) is 11.3 Å². The van der Waals surface area contributed by atoms with E-state index in [0.29, 0.717) is 54.7 Å². The minimum Gasteiger partial charge on any atom is -0.507 e. The summed E-state index contributed by atoms with van der Waals surface area (Å²) in [6, 6.07) is 17.7. The second kappa shape index (κ2) is 12.4. The van der Waals surface area contributed by atoms with E-state index in [0.717, 1.165) is 12.0 Å². The molecule has 2 heterocycles. The molecule has 1 saturated heterocycles. The number of aliphatic hydroxyl groups excluding tert-OH is 1. The number of ether oxygens (including phenoxy) is 2. The van der Waals surface area contributed by atoms with Crippen molar-refractivity contribution < 1.29 is 24.2 Å². The van der Waals surface area contributed by atoms with Crippen LogP contribution in [-0.2, 0) is 16.0 Å². The van der Waals surface area contributed by atoms with Gasteiger partial charge in [0.2, 0.25) is 0 Å². The molecule has 3 aromatic rings. The van der Waals surface area contributed by atoms with Crippen molar-refractivity contribution in [2.75, 3.05) is 19.8 Å². The smallest absolute Gasteiger partial charge is 0.295 e. The summed E-state index contributed by atoms with van der Waals surface area (Å²) in [5.41, 5.74) is 2.17. The average molecular weight is 515 g/mol. The molecule has 38 heavy (non-hydrogen) atoms. The molecule has 1 N–H and O–H groups in total. The van der Waals surface area contributed by atoms with Gasteiger partial charge in [0.05, 0.1) is 24.8 Å². The van der Waals surface area contributed by atoms with Crippen molar-refractivity contribution in [1.82, 2.24) is 9.88 Å². The molecule has 2 aromatic carbocycles. The molecule has 1 unspecified atom stereocenters. The van der Waals surface area contributed by atoms with Gasteiger partial charge in [-0.25, -0.2) is 0 Å². The van der Waals surface area contributed by atoms with Crippen LogP contribution in [0.25, 0.3) is 5.76 Å². The van der Waals surface area contributed by atoms with Crippen molar-refractivity contribution in [2.24, 2.45) is 5.92 Å². The Morgan fingerprint density at radius 1 is 1.00 bits per heavy atom. The number of benzene rings is 2. The van der Waals surface area contributed by atoms with Crippen LogP contribution in [0.1, 0.15) is 49.9 Å². The molecule has 1 fully saturated rings. The number of aliphatic hydroxyl groups is 1. The van der Waals surface area contributed by atoms with Crippen LogP contribution in [0.3, 0.4) is 0 Å². The fraction of sp³-hybridized carbons (Fsp3) is 0.323. The molecule has 0 saturated carbocycles. The van der Waals surface area contributed by atoms with Gasteiger partial charge in [0.15, 0.2) is 11.5 Å². The SMILES string of the molecule is CCOc1cc(C2C(=C(O)c3ccncc3)C(=O)C(=O)N2CCc2ccccc2)ccc1OCCC(C)C. The van der Waals surface area contributed by atoms with Crippen LogP contribution in [0.5, 0.6) is 11.5 Å². The molecular formula is C31H34N2O5. The van der Waals surface area contributed by atoms with Crippen LogP contribution in [0.15, 0.2) is 78.6 Å². The molecule has 7 nitrogen and oxygen atoms in total. The number of ketones is 1. The number of Topliss-reactive ketones (excluding diaryl/α,β-unsaturated/α-hetero) is 1. The predicted molar refractivity (Wildman–Crippen MR) is 146 cm³/mol. The number of rotatable bonds is 11. The monoisotopic (exact) mass is 514 g/mol. The Morgan fingerprint density at radius 3 is 2.42 bits per heavy atom. The standard InChI is InChI=1S/C31H34N2O5/c1-4-37-26-20-24(10-11-25(26)38-19-15-21(2)3)28-27(29(34)23-12-16-32-17-13-23)30(35)31(36)33(28)18-14-22-8-6-5-7-9-22/h5-13,16-17,20-21,28,34H,4,14-15,18-19H2,1-3H3. The highest BCUT2D eigenvalue weighted by molar-refractivity contribution is 6.46. The maximum Gasteiger partial charge on any atom is 0.295 e. The summed E-state index contributed by atoms with van der Waals surface area (Å²) in [4.78, 5) is 32.2. The molecule has 198 valence electrons. The fourth-order valence-corrected chi connectivity index (χ4v) is 4.50. The fourth-order valence-electron chi connectivity index (χ4n) is 4.50. The number of carbonyl (C=O) groups excluding carboxylic acids is 2. The minimum absolute atomic E-state index is 0.0465. The van der Waals surface area contributed by atoms with Crippen LogP contribution < -0.4 is 9.47 Å². The number of carbonyl (C=O) groups is 2. The van der Waals surface area contributed by atoms with Crippen molar-refractivity contribution in [2.45, 2.75) is 39.7 Å². The van der Waals surface area contributed by atoms with Gasteiger partial charge in [-0.3, -0.25) is 14.6 Å². The summed E-state index contributed by atoms with van der Waals surface area (Å²) >= 11 is 0. The predicted octanol–water partition coefficient (Wildman–Crippen LogP) is 5.57. The average Bonchev–Trinajstić information content (AvgIpc) is 3.18. The molecule has 1 amide bonds. The van der Waals surface area contributed by atoms with E-state index in [4.69, 9.17) is 9.47 Å². The number of hydrogen-bond acceptors (Lipinski definition) is 6. The van der Waals surface area contributed by atoms with Gasteiger partial charge in [0.1, 0.15) is 5.76 Å². The van der Waals surface area contributed by atoms with E-state index >= 15 is 0 Å². The van der Waals surface area contributed by atoms with E-state index in [2.05, 4.69) is 18.8 Å². The van der Waals surface area contributed by atoms with E-state index in [1.165, 1.54) is 17.3 Å². The molecule has 1 atom stereocenters. The molecule has 1 aliphatic rings. The number of pyridine rings is 1. The lowest BCUT2D eigenvalue weighted by molar-refractivity contribution is -0.139. The maximum atomic E-state index is 13.3. The highest BCUT2D eigenvalue weighted by Crippen LogP contribution is 2.42. The minimum atomic E-state index is -0.782. The van der Waals surface area contributed by atoms with Gasteiger partial charge in [0.25, 0.3) is 11.7 Å². The van der Waals surface area contributed by atoms with Crippen molar-refractivity contribution >= 4 is 17.4 Å². The maximum absolute atomic E-state index is 13.3. The van der Waals surface area contributed by atoms with Crippen molar-refractivity contribution in [3.05, 3.63) is 95.3 Å². The lowest BCUT2D eigenvalue weighted by Gasteiger charge is -2.26. The zero-order chi connectivity index (χ0) is 27.1. The lowest BCUT2D eigenvalue weighted by atomic mass is 9.95. The quantitative estimate of drug-likeness (QED) is 0.204. The van der Waals surface area contributed by atoms with Crippen LogP contribution in [-0.4, -0.2) is 46.4 Å². The van der Waals surface area contributed by atoms with Gasteiger partial charge in [-0.1, -0.05) is 50.2 Å². The highest BCUT2D eigenvalue weighted by atomic mass is 16.5. The van der Waals surface area contributed by atoms with Gasteiger partial charge in [-0.2, -0.15) is 0 Å². The van der Waals surface area contributed by atoms with Crippen LogP contribution >= 0.6 is 0 Å². The van der Waals surface area contributed by atoms with Gasteiger partial charge in [-0.15, -0.1) is 0 Å². The number of nitrogens with zero attached hydrogens (tertiary/aromatic N) is 2. The van der Waals surface area contributed by atoms with Gasteiger partial charge in [-0.05, 0) is 61.1 Å². The molecular weight excluding hydrogens is 480 g/mol. The second-order valence-electron chi connectivity index (χ2n) is 9.63. The number of hydrogen-bond donors (Lipinski definition) is 1. The van der Waals surface area contributed by atoms with Crippen LogP contribution in [0.4, 0.5) is 0 Å². The molecule has 1 aromatic heterocycles. The Labute approximate surface area is 223 Å². The normalized spacial score (nSPS) is 16.7. The Bertz CT molecular complexity index is 1290. The van der Waals surface area contributed by atoms with Crippen molar-refractivity contribution in [1.29, 1.82) is 0 Å². The van der Waals surface area contributed by atoms with Crippen molar-refractivity contribution in [3.8, 4) is 11.5 Å². The molecule has 7 heteroatoms. The summed E-state index contributed by atoms with van der Waals surface area (Å²) in [7, 11) is 0. The van der Waals surface area contributed by atoms with Gasteiger partial charge in [0, 0.05) is 24.5 Å². The van der Waals surface area contributed by atoms with Crippen molar-refractivity contribution in [3.63, 3.8) is 0 Å². The lowest BCUT2D eigenvalue weighted by Crippen LogP contribution is -2.31. The van der Waals surface area contributed by atoms with Crippen LogP contribution in [0, 0.1) is 5.92 Å². The zero-order valence-corrected chi connectivity index (χ0v) is 22.1. The third-order valence-electron chi connectivity index (χ3n) is 6.51.